The van der Waals surface area contributed by atoms with Gasteiger partial charge in [0.15, 0.2) is 0 Å². The Labute approximate surface area is 185 Å². The molecule has 0 aliphatic carbocycles. The molecule has 2 aromatic rings. The number of carbonyl (C=O) groups is 4. The third-order valence-electron chi connectivity index (χ3n) is 4.11. The number of ether oxygens (including phenoxy) is 4. The summed E-state index contributed by atoms with van der Waals surface area (Å²) in [7, 11) is 0. The van der Waals surface area contributed by atoms with E-state index in [1.165, 1.54) is 0 Å². The first kappa shape index (κ1) is 24.4. The van der Waals surface area contributed by atoms with E-state index in [0.29, 0.717) is 0 Å². The Hall–Kier alpha value is -3.88. The molecule has 1 N–H and O–H groups in total. The summed E-state index contributed by atoms with van der Waals surface area (Å²) in [5.74, 6) is -1.65. The third kappa shape index (κ3) is 9.29. The topological polar surface area (TPSA) is 117 Å². The number of nitrogens with one attached hydrogen (secondary N) is 1. The molecular formula is C23H25NO8. The molecule has 0 bridgehead atoms. The van der Waals surface area contributed by atoms with Crippen LogP contribution in [0.2, 0.25) is 0 Å². The molecule has 0 saturated carbocycles. The molecule has 170 valence electrons. The second-order valence-electron chi connectivity index (χ2n) is 6.55. The molecule has 9 heteroatoms. The first-order chi connectivity index (χ1) is 15.5. The van der Waals surface area contributed by atoms with Gasteiger partial charge in [-0.05, 0) is 24.5 Å². The van der Waals surface area contributed by atoms with Crippen molar-refractivity contribution in [2.75, 3.05) is 6.61 Å². The van der Waals surface area contributed by atoms with Crippen molar-refractivity contribution in [3.63, 3.8) is 0 Å². The molecule has 0 heterocycles. The predicted molar refractivity (Wildman–Crippen MR) is 112 cm³/mol. The molecule has 0 spiro atoms. The molecule has 1 unspecified atom stereocenters. The van der Waals surface area contributed by atoms with E-state index in [4.69, 9.17) is 9.47 Å². The average Bonchev–Trinajstić information content (AvgIpc) is 2.80. The molecule has 32 heavy (non-hydrogen) atoms. The zero-order chi connectivity index (χ0) is 23.2. The fourth-order valence-electron chi connectivity index (χ4n) is 2.54. The van der Waals surface area contributed by atoms with Crippen molar-refractivity contribution in [1.29, 1.82) is 0 Å². The number of hydrogen-bond donors (Lipinski definition) is 1. The van der Waals surface area contributed by atoms with E-state index >= 15 is 0 Å². The van der Waals surface area contributed by atoms with E-state index < -0.39 is 30.2 Å². The second-order valence-corrected chi connectivity index (χ2v) is 6.55. The molecule has 0 aliphatic heterocycles. The summed E-state index contributed by atoms with van der Waals surface area (Å²) < 4.78 is 19.4. The highest BCUT2D eigenvalue weighted by Crippen LogP contribution is 2.08. The average molecular weight is 443 g/mol. The number of carbonyl (C=O) groups excluding carboxylic acids is 4. The van der Waals surface area contributed by atoms with Gasteiger partial charge in [-0.3, -0.25) is 4.79 Å². The molecule has 0 aliphatic rings. The van der Waals surface area contributed by atoms with Crippen LogP contribution in [0.5, 0.6) is 0 Å². The fourth-order valence-corrected chi connectivity index (χ4v) is 2.54. The van der Waals surface area contributed by atoms with E-state index in [9.17, 15) is 19.2 Å². The molecule has 1 amide bonds. The van der Waals surface area contributed by atoms with Crippen LogP contribution in [0.25, 0.3) is 0 Å². The number of alkyl carbamates (subject to hydrolysis) is 1. The highest BCUT2D eigenvalue weighted by molar-refractivity contribution is 5.84. The largest absolute Gasteiger partial charge is 0.516 e. The maximum absolute atomic E-state index is 12.5. The maximum Gasteiger partial charge on any atom is 0.516 e. The van der Waals surface area contributed by atoms with Crippen molar-refractivity contribution in [1.82, 2.24) is 5.32 Å². The van der Waals surface area contributed by atoms with Gasteiger partial charge in [0.25, 0.3) is 0 Å². The predicted octanol–water partition coefficient (Wildman–Crippen LogP) is 3.50. The second kappa shape index (κ2) is 13.4. The summed E-state index contributed by atoms with van der Waals surface area (Å²) in [6.45, 7) is 1.61. The van der Waals surface area contributed by atoms with Crippen LogP contribution >= 0.6 is 0 Å². The molecule has 2 rings (SSSR count). The summed E-state index contributed by atoms with van der Waals surface area (Å²) in [5, 5.41) is 2.40. The van der Waals surface area contributed by atoms with E-state index in [2.05, 4.69) is 14.8 Å². The molecule has 1 atom stereocenters. The molecule has 0 radical (unpaired) electrons. The smallest absolute Gasteiger partial charge is 0.459 e. The first-order valence-corrected chi connectivity index (χ1v) is 10.0. The number of rotatable bonds is 10. The van der Waals surface area contributed by atoms with E-state index in [0.717, 1.165) is 11.1 Å². The van der Waals surface area contributed by atoms with Crippen LogP contribution < -0.4 is 5.32 Å². The van der Waals surface area contributed by atoms with Crippen LogP contribution in [0.15, 0.2) is 60.7 Å². The summed E-state index contributed by atoms with van der Waals surface area (Å²) in [4.78, 5) is 47.8. The van der Waals surface area contributed by atoms with Crippen LogP contribution in [0, 0.1) is 0 Å². The lowest BCUT2D eigenvalue weighted by atomic mass is 10.1. The minimum atomic E-state index is -1.18. The maximum atomic E-state index is 12.5. The van der Waals surface area contributed by atoms with Gasteiger partial charge in [-0.2, -0.15) is 0 Å². The van der Waals surface area contributed by atoms with Gasteiger partial charge in [-0.15, -0.1) is 0 Å². The van der Waals surface area contributed by atoms with Gasteiger partial charge < -0.3 is 24.3 Å². The number of hydrogen-bond acceptors (Lipinski definition) is 8. The summed E-state index contributed by atoms with van der Waals surface area (Å²) in [6.07, 6.45) is -2.47. The van der Waals surface area contributed by atoms with Crippen LogP contribution in [0.3, 0.4) is 0 Å². The van der Waals surface area contributed by atoms with E-state index in [1.54, 1.807) is 55.5 Å². The Morgan fingerprint density at radius 1 is 0.812 bits per heavy atom. The van der Waals surface area contributed by atoms with Crippen LogP contribution in [-0.2, 0) is 41.8 Å². The van der Waals surface area contributed by atoms with Crippen molar-refractivity contribution in [3.05, 3.63) is 71.8 Å². The SMILES string of the molecule is CCOC(=O)OC(=O)CCC(NC(=O)OCc1ccccc1)C(=O)OCc1ccccc1. The lowest BCUT2D eigenvalue weighted by Crippen LogP contribution is -2.42. The Morgan fingerprint density at radius 3 is 1.94 bits per heavy atom. The molecule has 0 saturated heterocycles. The van der Waals surface area contributed by atoms with E-state index in [-0.39, 0.29) is 32.7 Å². The van der Waals surface area contributed by atoms with Crippen molar-refractivity contribution in [3.8, 4) is 0 Å². The molecular weight excluding hydrogens is 418 g/mol. The zero-order valence-electron chi connectivity index (χ0n) is 17.7. The van der Waals surface area contributed by atoms with Gasteiger partial charge in [0.1, 0.15) is 19.3 Å². The first-order valence-electron chi connectivity index (χ1n) is 10.0. The quantitative estimate of drug-likeness (QED) is 0.337. The van der Waals surface area contributed by atoms with Gasteiger partial charge >= 0.3 is 24.2 Å². The number of amides is 1. The number of benzene rings is 2. The summed E-state index contributed by atoms with van der Waals surface area (Å²) >= 11 is 0. The zero-order valence-corrected chi connectivity index (χ0v) is 17.7. The highest BCUT2D eigenvalue weighted by atomic mass is 16.7. The summed E-state index contributed by atoms with van der Waals surface area (Å²) in [6, 6.07) is 16.8. The van der Waals surface area contributed by atoms with Crippen LogP contribution in [0.1, 0.15) is 30.9 Å². The minimum Gasteiger partial charge on any atom is -0.459 e. The van der Waals surface area contributed by atoms with Gasteiger partial charge in [-0.1, -0.05) is 60.7 Å². The van der Waals surface area contributed by atoms with Crippen molar-refractivity contribution in [2.24, 2.45) is 0 Å². The lowest BCUT2D eigenvalue weighted by molar-refractivity contribution is -0.148. The minimum absolute atomic E-state index is 0.00333. The highest BCUT2D eigenvalue weighted by Gasteiger charge is 2.25. The standard InChI is InChI=1S/C23H25NO8/c1-2-29-23(28)32-20(25)14-13-19(21(26)30-15-17-9-5-3-6-10-17)24-22(27)31-16-18-11-7-4-8-12-18/h3-12,19H,2,13-16H2,1H3,(H,24,27). The van der Waals surface area contributed by atoms with Crippen LogP contribution in [-0.4, -0.2) is 36.8 Å². The third-order valence-corrected chi connectivity index (χ3v) is 4.11. The lowest BCUT2D eigenvalue weighted by Gasteiger charge is -2.17. The Kier molecular flexibility index (Phi) is 10.2. The molecule has 9 nitrogen and oxygen atoms in total. The van der Waals surface area contributed by atoms with Gasteiger partial charge in [0.2, 0.25) is 0 Å². The monoisotopic (exact) mass is 443 g/mol. The Morgan fingerprint density at radius 2 is 1.38 bits per heavy atom. The number of esters is 2. The van der Waals surface area contributed by atoms with E-state index in [1.807, 2.05) is 12.1 Å². The molecule has 0 aromatic heterocycles. The Balaban J connectivity index is 1.92. The molecule has 2 aromatic carbocycles. The van der Waals surface area contributed by atoms with Crippen molar-refractivity contribution >= 4 is 24.2 Å². The van der Waals surface area contributed by atoms with Crippen molar-refractivity contribution < 1.29 is 38.1 Å². The molecule has 0 fully saturated rings. The van der Waals surface area contributed by atoms with Gasteiger partial charge in [-0.25, -0.2) is 14.4 Å². The van der Waals surface area contributed by atoms with Crippen LogP contribution in [0.4, 0.5) is 9.59 Å². The van der Waals surface area contributed by atoms with Gasteiger partial charge in [0.05, 0.1) is 6.61 Å². The summed E-state index contributed by atoms with van der Waals surface area (Å²) in [5.41, 5.74) is 1.52. The Bertz CT molecular complexity index is 885. The normalized spacial score (nSPS) is 11.0. The fraction of sp³-hybridized carbons (Fsp3) is 0.304. The van der Waals surface area contributed by atoms with Crippen molar-refractivity contribution in [2.45, 2.75) is 39.0 Å². The van der Waals surface area contributed by atoms with Gasteiger partial charge in [0, 0.05) is 6.42 Å².